The lowest BCUT2D eigenvalue weighted by Gasteiger charge is -2.47. The van der Waals surface area contributed by atoms with Crippen LogP contribution in [-0.4, -0.2) is 72.9 Å². The van der Waals surface area contributed by atoms with Crippen LogP contribution in [0.15, 0.2) is 18.2 Å². The Balaban J connectivity index is 2.09. The van der Waals surface area contributed by atoms with E-state index >= 15 is 0 Å². The average Bonchev–Trinajstić information content (AvgIpc) is 2.56. The van der Waals surface area contributed by atoms with E-state index in [1.165, 1.54) is 24.3 Å². The third-order valence-corrected chi connectivity index (χ3v) is 4.71. The number of ether oxygens (including phenoxy) is 1. The van der Waals surface area contributed by atoms with Crippen LogP contribution in [0, 0.1) is 0 Å². The summed E-state index contributed by atoms with van der Waals surface area (Å²) in [5.74, 6) is -0.492. The SMILES string of the molecule is OC[C@H]1OC(C2(O)CC=Cc3c(O)ccc(O)c32)[C@H](O)[C@@H](O)[C@@H]1O. The molecule has 2 unspecified atom stereocenters. The van der Waals surface area contributed by atoms with Crippen molar-refractivity contribution in [2.24, 2.45) is 0 Å². The first-order valence-electron chi connectivity index (χ1n) is 7.56. The van der Waals surface area contributed by atoms with Crippen molar-refractivity contribution in [3.05, 3.63) is 29.3 Å². The van der Waals surface area contributed by atoms with Crippen molar-refractivity contribution < 1.29 is 40.5 Å². The van der Waals surface area contributed by atoms with Crippen molar-refractivity contribution in [3.8, 4) is 11.5 Å². The second kappa shape index (κ2) is 5.99. The maximum Gasteiger partial charge on any atom is 0.126 e. The van der Waals surface area contributed by atoms with Crippen molar-refractivity contribution in [1.82, 2.24) is 0 Å². The van der Waals surface area contributed by atoms with Gasteiger partial charge in [-0.15, -0.1) is 0 Å². The lowest BCUT2D eigenvalue weighted by atomic mass is 9.74. The predicted octanol–water partition coefficient (Wildman–Crippen LogP) is -1.46. The fourth-order valence-electron chi connectivity index (χ4n) is 3.43. The molecule has 1 saturated heterocycles. The van der Waals surface area contributed by atoms with Crippen LogP contribution in [0.1, 0.15) is 17.5 Å². The van der Waals surface area contributed by atoms with Gasteiger partial charge in [-0.2, -0.15) is 0 Å². The molecule has 0 bridgehead atoms. The first-order valence-corrected chi connectivity index (χ1v) is 7.56. The van der Waals surface area contributed by atoms with Gasteiger partial charge in [0.1, 0.15) is 47.6 Å². The summed E-state index contributed by atoms with van der Waals surface area (Å²) in [5.41, 5.74) is -1.85. The minimum Gasteiger partial charge on any atom is -0.508 e. The van der Waals surface area contributed by atoms with Crippen LogP contribution < -0.4 is 0 Å². The van der Waals surface area contributed by atoms with E-state index < -0.39 is 42.7 Å². The van der Waals surface area contributed by atoms with Crippen molar-refractivity contribution in [2.75, 3.05) is 6.61 Å². The van der Waals surface area contributed by atoms with Crippen LogP contribution in [0.2, 0.25) is 0 Å². The van der Waals surface area contributed by atoms with Gasteiger partial charge in [0, 0.05) is 17.5 Å². The number of aromatic hydroxyl groups is 2. The second-order valence-corrected chi connectivity index (χ2v) is 6.17. The predicted molar refractivity (Wildman–Crippen MR) is 81.1 cm³/mol. The number of hydrogen-bond acceptors (Lipinski definition) is 8. The molecule has 0 spiro atoms. The quantitative estimate of drug-likeness (QED) is 0.323. The highest BCUT2D eigenvalue weighted by atomic mass is 16.6. The largest absolute Gasteiger partial charge is 0.508 e. The van der Waals surface area contributed by atoms with E-state index in [9.17, 15) is 35.7 Å². The van der Waals surface area contributed by atoms with E-state index in [1.807, 2.05) is 0 Å². The molecule has 1 aromatic rings. The monoisotopic (exact) mass is 340 g/mol. The maximum absolute atomic E-state index is 11.2. The minimum atomic E-state index is -1.97. The van der Waals surface area contributed by atoms with Crippen LogP contribution in [0.3, 0.4) is 0 Å². The van der Waals surface area contributed by atoms with Crippen LogP contribution in [0.25, 0.3) is 6.08 Å². The van der Waals surface area contributed by atoms with Gasteiger partial charge in [-0.1, -0.05) is 12.2 Å². The first-order chi connectivity index (χ1) is 11.3. The first kappa shape index (κ1) is 17.2. The molecule has 3 rings (SSSR count). The van der Waals surface area contributed by atoms with E-state index in [0.29, 0.717) is 0 Å². The van der Waals surface area contributed by atoms with Gasteiger partial charge in [0.15, 0.2) is 0 Å². The van der Waals surface area contributed by atoms with Crippen molar-refractivity contribution in [2.45, 2.75) is 42.5 Å². The molecule has 132 valence electrons. The normalized spacial score (nSPS) is 38.8. The summed E-state index contributed by atoms with van der Waals surface area (Å²) in [6.45, 7) is -0.633. The number of benzene rings is 1. The summed E-state index contributed by atoms with van der Waals surface area (Å²) in [6.07, 6.45) is -4.53. The topological polar surface area (TPSA) is 151 Å². The molecule has 1 aromatic carbocycles. The smallest absolute Gasteiger partial charge is 0.126 e. The van der Waals surface area contributed by atoms with Crippen LogP contribution >= 0.6 is 0 Å². The lowest BCUT2D eigenvalue weighted by molar-refractivity contribution is -0.273. The Morgan fingerprint density at radius 1 is 1.04 bits per heavy atom. The van der Waals surface area contributed by atoms with Crippen LogP contribution in [0.4, 0.5) is 0 Å². The lowest BCUT2D eigenvalue weighted by Crippen LogP contribution is -2.64. The molecule has 1 aliphatic heterocycles. The molecule has 0 radical (unpaired) electrons. The maximum atomic E-state index is 11.2. The molecular formula is C16H20O8. The third-order valence-electron chi connectivity index (χ3n) is 4.71. The number of phenols is 2. The fourth-order valence-corrected chi connectivity index (χ4v) is 3.43. The molecule has 24 heavy (non-hydrogen) atoms. The Morgan fingerprint density at radius 3 is 2.38 bits per heavy atom. The van der Waals surface area contributed by atoms with Gasteiger partial charge in [-0.3, -0.25) is 0 Å². The molecule has 0 amide bonds. The summed E-state index contributed by atoms with van der Waals surface area (Å²) in [7, 11) is 0. The second-order valence-electron chi connectivity index (χ2n) is 6.17. The molecule has 0 saturated carbocycles. The van der Waals surface area contributed by atoms with E-state index in [0.717, 1.165) is 0 Å². The van der Waals surface area contributed by atoms with Crippen molar-refractivity contribution in [1.29, 1.82) is 0 Å². The summed E-state index contributed by atoms with van der Waals surface area (Å²) >= 11 is 0. The molecule has 8 nitrogen and oxygen atoms in total. The molecule has 1 aliphatic carbocycles. The average molecular weight is 340 g/mol. The zero-order chi connectivity index (χ0) is 17.6. The summed E-state index contributed by atoms with van der Waals surface area (Å²) in [6, 6.07) is 2.46. The Labute approximate surface area is 137 Å². The zero-order valence-corrected chi connectivity index (χ0v) is 12.6. The summed E-state index contributed by atoms with van der Waals surface area (Å²) in [4.78, 5) is 0. The Hall–Kier alpha value is -1.68. The van der Waals surface area contributed by atoms with E-state index in [1.54, 1.807) is 0 Å². The van der Waals surface area contributed by atoms with Gasteiger partial charge >= 0.3 is 0 Å². The number of hydrogen-bond donors (Lipinski definition) is 7. The van der Waals surface area contributed by atoms with Crippen molar-refractivity contribution >= 4 is 6.08 Å². The fraction of sp³-hybridized carbons (Fsp3) is 0.500. The third kappa shape index (κ3) is 2.39. The number of fused-ring (bicyclic) bond motifs is 1. The number of phenolic OH excluding ortho intramolecular Hbond substituents is 2. The summed E-state index contributed by atoms with van der Waals surface area (Å²) < 4.78 is 5.44. The molecule has 0 aromatic heterocycles. The zero-order valence-electron chi connectivity index (χ0n) is 12.6. The molecule has 6 atom stereocenters. The Bertz CT molecular complexity index is 658. The molecule has 1 fully saturated rings. The highest BCUT2D eigenvalue weighted by Crippen LogP contribution is 2.47. The Morgan fingerprint density at radius 2 is 1.71 bits per heavy atom. The standard InChI is InChI=1S/C16H20O8/c17-6-10-12(20)13(21)14(22)15(24-10)16(23)5-1-2-7-8(18)3-4-9(19)11(7)16/h1-4,10,12-15,17-23H,5-6H2/t10-,12-,13+,14-,15?,16?/m1/s1. The van der Waals surface area contributed by atoms with Crippen LogP contribution in [0.5, 0.6) is 11.5 Å². The van der Waals surface area contributed by atoms with Crippen molar-refractivity contribution in [3.63, 3.8) is 0 Å². The van der Waals surface area contributed by atoms with Gasteiger partial charge in [0.05, 0.1) is 6.61 Å². The van der Waals surface area contributed by atoms with Crippen LogP contribution in [-0.2, 0) is 10.3 Å². The van der Waals surface area contributed by atoms with Gasteiger partial charge in [-0.05, 0) is 12.1 Å². The highest BCUT2D eigenvalue weighted by molar-refractivity contribution is 5.68. The number of aliphatic hydroxyl groups is 5. The van der Waals surface area contributed by atoms with E-state index in [-0.39, 0.29) is 29.0 Å². The van der Waals surface area contributed by atoms with Gasteiger partial charge in [0.2, 0.25) is 0 Å². The summed E-state index contributed by atoms with van der Waals surface area (Å²) in [5, 5.41) is 70.7. The number of rotatable bonds is 2. The molecular weight excluding hydrogens is 320 g/mol. The van der Waals surface area contributed by atoms with E-state index in [2.05, 4.69) is 0 Å². The molecule has 1 heterocycles. The van der Waals surface area contributed by atoms with Gasteiger partial charge in [0.25, 0.3) is 0 Å². The minimum absolute atomic E-state index is 0.0469. The Kier molecular flexibility index (Phi) is 4.28. The molecule has 7 N–H and O–H groups in total. The van der Waals surface area contributed by atoms with Gasteiger partial charge in [-0.25, -0.2) is 0 Å². The highest BCUT2D eigenvalue weighted by Gasteiger charge is 2.54. The van der Waals surface area contributed by atoms with E-state index in [4.69, 9.17) is 4.74 Å². The van der Waals surface area contributed by atoms with Gasteiger partial charge < -0.3 is 40.5 Å². The number of aliphatic hydroxyl groups excluding tert-OH is 4. The molecule has 8 heteroatoms. The molecule has 2 aliphatic rings.